The third-order valence-electron chi connectivity index (χ3n) is 5.94. The van der Waals surface area contributed by atoms with Crippen LogP contribution in [0.4, 0.5) is 11.5 Å². The molecule has 1 atom stereocenters. The molecule has 1 aromatic heterocycles. The lowest BCUT2D eigenvalue weighted by molar-refractivity contribution is 0.0824. The van der Waals surface area contributed by atoms with Crippen molar-refractivity contribution in [2.75, 3.05) is 19.1 Å². The molecule has 3 aromatic rings. The number of aliphatic imine (C=N–C) groups is 1. The lowest BCUT2D eigenvalue weighted by Crippen LogP contribution is -2.61. The van der Waals surface area contributed by atoms with Crippen molar-refractivity contribution in [3.8, 4) is 11.6 Å². The number of ether oxygens (including phenoxy) is 2. The third kappa shape index (κ3) is 1.94. The molecule has 5 heteroatoms. The summed E-state index contributed by atoms with van der Waals surface area (Å²) in [4.78, 5) is 11.6. The van der Waals surface area contributed by atoms with Gasteiger partial charge in [-0.05, 0) is 31.4 Å². The Balaban J connectivity index is 1.69. The number of aromatic nitrogens is 1. The summed E-state index contributed by atoms with van der Waals surface area (Å²) in [6, 6.07) is 16.3. The minimum atomic E-state index is -0.746. The second-order valence-electron chi connectivity index (χ2n) is 7.60. The molecule has 2 aromatic carbocycles. The Morgan fingerprint density at radius 3 is 2.67 bits per heavy atom. The summed E-state index contributed by atoms with van der Waals surface area (Å²) in [6.45, 7) is 4.34. The van der Waals surface area contributed by atoms with Gasteiger partial charge in [0, 0.05) is 24.1 Å². The maximum atomic E-state index is 6.67. The molecule has 2 aliphatic heterocycles. The quantitative estimate of drug-likeness (QED) is 0.643. The Morgan fingerprint density at radius 2 is 1.85 bits per heavy atom. The molecule has 0 aliphatic carbocycles. The van der Waals surface area contributed by atoms with Gasteiger partial charge in [0.1, 0.15) is 17.3 Å². The van der Waals surface area contributed by atoms with Crippen LogP contribution >= 0.6 is 0 Å². The summed E-state index contributed by atoms with van der Waals surface area (Å²) in [5, 5.41) is 2.25. The monoisotopic (exact) mass is 359 g/mol. The van der Waals surface area contributed by atoms with Crippen molar-refractivity contribution < 1.29 is 9.47 Å². The van der Waals surface area contributed by atoms with Crippen LogP contribution in [0.15, 0.2) is 53.5 Å². The van der Waals surface area contributed by atoms with E-state index in [1.54, 1.807) is 7.11 Å². The van der Waals surface area contributed by atoms with E-state index >= 15 is 0 Å². The van der Waals surface area contributed by atoms with Crippen LogP contribution in [0.1, 0.15) is 19.4 Å². The van der Waals surface area contributed by atoms with E-state index in [0.29, 0.717) is 5.88 Å². The van der Waals surface area contributed by atoms with Gasteiger partial charge in [-0.15, -0.1) is 0 Å². The number of rotatable bonds is 1. The van der Waals surface area contributed by atoms with Gasteiger partial charge in [-0.3, -0.25) is 4.99 Å². The van der Waals surface area contributed by atoms with Crippen molar-refractivity contribution in [3.05, 3.63) is 54.1 Å². The summed E-state index contributed by atoms with van der Waals surface area (Å²) < 4.78 is 12.0. The Kier molecular flexibility index (Phi) is 3.12. The standard InChI is InChI=1S/C22H21N3O2/c1-21(2)16-10-12-18(26-4)24-20(16)25(3)22(21)13-23-19-15-8-6-5-7-14(15)9-11-17(19)27-22/h5-13H,1-4H3. The van der Waals surface area contributed by atoms with Crippen LogP contribution in [0.3, 0.4) is 0 Å². The molecule has 5 nitrogen and oxygen atoms in total. The van der Waals surface area contributed by atoms with Crippen LogP contribution in [0.2, 0.25) is 0 Å². The van der Waals surface area contributed by atoms with Crippen LogP contribution in [-0.4, -0.2) is 31.1 Å². The Morgan fingerprint density at radius 1 is 1.04 bits per heavy atom. The fourth-order valence-electron chi connectivity index (χ4n) is 4.30. The summed E-state index contributed by atoms with van der Waals surface area (Å²) >= 11 is 0. The average Bonchev–Trinajstić information content (AvgIpc) is 2.86. The van der Waals surface area contributed by atoms with Crippen molar-refractivity contribution in [2.45, 2.75) is 25.0 Å². The smallest absolute Gasteiger partial charge is 0.229 e. The van der Waals surface area contributed by atoms with Gasteiger partial charge < -0.3 is 14.4 Å². The number of nitrogens with zero attached hydrogens (tertiary/aromatic N) is 3. The zero-order valence-corrected chi connectivity index (χ0v) is 15.9. The molecule has 2 aliphatic rings. The highest BCUT2D eigenvalue weighted by molar-refractivity contribution is 5.99. The molecule has 136 valence electrons. The van der Waals surface area contributed by atoms with E-state index < -0.39 is 5.72 Å². The highest BCUT2D eigenvalue weighted by Crippen LogP contribution is 2.53. The predicted octanol–water partition coefficient (Wildman–Crippen LogP) is 4.46. The largest absolute Gasteiger partial charge is 0.481 e. The SMILES string of the molecule is COc1ccc2c(n1)N(C)C1(C=Nc3c(ccc4ccccc34)O1)C2(C)C. The van der Waals surface area contributed by atoms with E-state index in [1.165, 1.54) is 0 Å². The number of pyridine rings is 1. The first-order valence-corrected chi connectivity index (χ1v) is 9.03. The summed E-state index contributed by atoms with van der Waals surface area (Å²) in [6.07, 6.45) is 1.93. The van der Waals surface area contributed by atoms with Gasteiger partial charge in [-0.1, -0.05) is 30.3 Å². The van der Waals surface area contributed by atoms with E-state index in [-0.39, 0.29) is 5.41 Å². The molecule has 0 saturated heterocycles. The summed E-state index contributed by atoms with van der Waals surface area (Å²) in [5.41, 5.74) is 0.902. The maximum absolute atomic E-state index is 6.67. The molecule has 0 radical (unpaired) electrons. The fourth-order valence-corrected chi connectivity index (χ4v) is 4.30. The Bertz CT molecular complexity index is 1110. The van der Waals surface area contributed by atoms with Crippen molar-refractivity contribution in [1.82, 2.24) is 4.98 Å². The molecule has 5 rings (SSSR count). The first-order chi connectivity index (χ1) is 13.0. The molecule has 27 heavy (non-hydrogen) atoms. The average molecular weight is 359 g/mol. The Hall–Kier alpha value is -3.08. The molecule has 3 heterocycles. The third-order valence-corrected chi connectivity index (χ3v) is 5.94. The van der Waals surface area contributed by atoms with Crippen molar-refractivity contribution in [1.29, 1.82) is 0 Å². The molecule has 0 bridgehead atoms. The van der Waals surface area contributed by atoms with E-state index in [0.717, 1.165) is 33.6 Å². The van der Waals surface area contributed by atoms with E-state index in [9.17, 15) is 0 Å². The number of anilines is 1. The first-order valence-electron chi connectivity index (χ1n) is 9.03. The predicted molar refractivity (Wildman–Crippen MR) is 108 cm³/mol. The number of likely N-dealkylation sites (N-methyl/N-ethyl adjacent to an activating group) is 1. The van der Waals surface area contributed by atoms with Crippen molar-refractivity contribution in [2.24, 2.45) is 4.99 Å². The van der Waals surface area contributed by atoms with E-state index in [4.69, 9.17) is 14.5 Å². The second kappa shape index (κ2) is 5.22. The number of hydrogen-bond acceptors (Lipinski definition) is 5. The van der Waals surface area contributed by atoms with Crippen LogP contribution in [-0.2, 0) is 5.41 Å². The normalized spacial score (nSPS) is 21.9. The topological polar surface area (TPSA) is 47.0 Å². The van der Waals surface area contributed by atoms with Crippen LogP contribution in [0, 0.1) is 0 Å². The van der Waals surface area contributed by atoms with Gasteiger partial charge in [0.05, 0.1) is 18.7 Å². The van der Waals surface area contributed by atoms with Crippen LogP contribution in [0.25, 0.3) is 10.8 Å². The van der Waals surface area contributed by atoms with Crippen LogP contribution in [0.5, 0.6) is 11.6 Å². The number of fused-ring (bicyclic) bond motifs is 4. The highest BCUT2D eigenvalue weighted by Gasteiger charge is 2.59. The van der Waals surface area contributed by atoms with Gasteiger partial charge in [0.2, 0.25) is 11.6 Å². The van der Waals surface area contributed by atoms with Gasteiger partial charge in [-0.2, -0.15) is 4.98 Å². The first kappa shape index (κ1) is 16.1. The molecule has 0 N–H and O–H groups in total. The zero-order chi connectivity index (χ0) is 18.8. The molecular formula is C22H21N3O2. The van der Waals surface area contributed by atoms with Gasteiger partial charge in [0.25, 0.3) is 0 Å². The molecule has 0 amide bonds. The lowest BCUT2D eigenvalue weighted by atomic mass is 9.78. The number of methoxy groups -OCH3 is 1. The maximum Gasteiger partial charge on any atom is 0.229 e. The molecule has 0 saturated carbocycles. The molecule has 1 unspecified atom stereocenters. The number of hydrogen-bond donors (Lipinski definition) is 0. The van der Waals surface area contributed by atoms with Crippen molar-refractivity contribution in [3.63, 3.8) is 0 Å². The van der Waals surface area contributed by atoms with Gasteiger partial charge in [-0.25, -0.2) is 0 Å². The molecular weight excluding hydrogens is 338 g/mol. The minimum absolute atomic E-state index is 0.344. The molecule has 0 fully saturated rings. The van der Waals surface area contributed by atoms with Gasteiger partial charge >= 0.3 is 0 Å². The van der Waals surface area contributed by atoms with Crippen LogP contribution < -0.4 is 14.4 Å². The second-order valence-corrected chi connectivity index (χ2v) is 7.60. The Labute approximate surface area is 158 Å². The zero-order valence-electron chi connectivity index (χ0n) is 15.9. The molecule has 1 spiro atoms. The summed E-state index contributed by atoms with van der Waals surface area (Å²) in [5.74, 6) is 2.23. The summed E-state index contributed by atoms with van der Waals surface area (Å²) in [7, 11) is 3.63. The fraction of sp³-hybridized carbons (Fsp3) is 0.273. The lowest BCUT2D eigenvalue weighted by Gasteiger charge is -2.44. The van der Waals surface area contributed by atoms with E-state index in [1.807, 2.05) is 37.5 Å². The van der Waals surface area contributed by atoms with Crippen molar-refractivity contribution >= 4 is 28.5 Å². The highest BCUT2D eigenvalue weighted by atomic mass is 16.5. The van der Waals surface area contributed by atoms with E-state index in [2.05, 4.69) is 48.0 Å². The minimum Gasteiger partial charge on any atom is -0.481 e. The van der Waals surface area contributed by atoms with Gasteiger partial charge in [0.15, 0.2) is 0 Å². The number of benzene rings is 2.